The molecule has 0 aromatic heterocycles. The van der Waals surface area contributed by atoms with Gasteiger partial charge in [-0.05, 0) is 31.0 Å². The monoisotopic (exact) mass is 298 g/mol. The maximum absolute atomic E-state index is 13.0. The van der Waals surface area contributed by atoms with Gasteiger partial charge in [0.1, 0.15) is 11.9 Å². The maximum Gasteiger partial charge on any atom is 0.256 e. The second kappa shape index (κ2) is 5.79. The zero-order chi connectivity index (χ0) is 14.9. The number of benzene rings is 1. The summed E-state index contributed by atoms with van der Waals surface area (Å²) in [4.78, 5) is 27.5. The Morgan fingerprint density at radius 2 is 2.10 bits per heavy atom. The highest BCUT2D eigenvalue weighted by Crippen LogP contribution is 2.25. The molecular formula is C14H16ClFN2O2. The number of rotatable bonds is 2. The number of hydrogen-bond acceptors (Lipinski definition) is 2. The van der Waals surface area contributed by atoms with Crippen molar-refractivity contribution in [2.45, 2.75) is 18.9 Å². The molecule has 1 heterocycles. The Morgan fingerprint density at radius 3 is 2.70 bits per heavy atom. The molecule has 1 aliphatic rings. The minimum absolute atomic E-state index is 0.0675. The fourth-order valence-corrected chi connectivity index (χ4v) is 2.63. The summed E-state index contributed by atoms with van der Waals surface area (Å²) < 4.78 is 13.0. The molecule has 1 saturated heterocycles. The molecule has 0 saturated carbocycles. The van der Waals surface area contributed by atoms with Gasteiger partial charge in [0.2, 0.25) is 5.91 Å². The molecule has 1 aromatic carbocycles. The van der Waals surface area contributed by atoms with Crippen LogP contribution in [0.3, 0.4) is 0 Å². The van der Waals surface area contributed by atoms with Gasteiger partial charge in [-0.1, -0.05) is 11.6 Å². The number of carbonyl (C=O) groups excluding carboxylic acids is 2. The standard InChI is InChI=1S/C14H16ClFN2O2/c1-17(2)14(20)12-4-3-7-18(12)13(19)10-6-5-9(16)8-11(10)15/h5-6,8,12H,3-4,7H2,1-2H3. The van der Waals surface area contributed by atoms with Crippen LogP contribution in [-0.2, 0) is 4.79 Å². The van der Waals surface area contributed by atoms with E-state index >= 15 is 0 Å². The highest BCUT2D eigenvalue weighted by molar-refractivity contribution is 6.33. The lowest BCUT2D eigenvalue weighted by Gasteiger charge is -2.26. The first-order chi connectivity index (χ1) is 9.41. The Balaban J connectivity index is 2.25. The van der Waals surface area contributed by atoms with E-state index in [4.69, 9.17) is 11.6 Å². The van der Waals surface area contributed by atoms with Crippen LogP contribution in [0, 0.1) is 5.82 Å². The van der Waals surface area contributed by atoms with Gasteiger partial charge in [0.25, 0.3) is 5.91 Å². The zero-order valence-corrected chi connectivity index (χ0v) is 12.2. The van der Waals surface area contributed by atoms with Crippen molar-refractivity contribution in [3.63, 3.8) is 0 Å². The number of nitrogens with zero attached hydrogens (tertiary/aromatic N) is 2. The summed E-state index contributed by atoms with van der Waals surface area (Å²) in [6, 6.07) is 3.19. The van der Waals surface area contributed by atoms with Crippen molar-refractivity contribution in [3.8, 4) is 0 Å². The number of halogens is 2. The topological polar surface area (TPSA) is 40.6 Å². The van der Waals surface area contributed by atoms with Gasteiger partial charge in [0, 0.05) is 20.6 Å². The first-order valence-corrected chi connectivity index (χ1v) is 6.77. The summed E-state index contributed by atoms with van der Waals surface area (Å²) in [6.45, 7) is 0.511. The van der Waals surface area contributed by atoms with E-state index < -0.39 is 11.9 Å². The van der Waals surface area contributed by atoms with Crippen molar-refractivity contribution in [1.29, 1.82) is 0 Å². The third-order valence-corrected chi connectivity index (χ3v) is 3.71. The quantitative estimate of drug-likeness (QED) is 0.839. The van der Waals surface area contributed by atoms with Crippen molar-refractivity contribution >= 4 is 23.4 Å². The van der Waals surface area contributed by atoms with E-state index in [0.29, 0.717) is 13.0 Å². The average Bonchev–Trinajstić information content (AvgIpc) is 2.86. The highest BCUT2D eigenvalue weighted by Gasteiger charge is 2.35. The van der Waals surface area contributed by atoms with E-state index in [-0.39, 0.29) is 22.4 Å². The number of amides is 2. The van der Waals surface area contributed by atoms with Crippen LogP contribution >= 0.6 is 11.6 Å². The van der Waals surface area contributed by atoms with Crippen LogP contribution in [0.4, 0.5) is 4.39 Å². The molecule has 0 bridgehead atoms. The molecule has 0 spiro atoms. The van der Waals surface area contributed by atoms with Crippen LogP contribution in [0.5, 0.6) is 0 Å². The van der Waals surface area contributed by atoms with Crippen LogP contribution in [-0.4, -0.2) is 48.3 Å². The predicted molar refractivity (Wildman–Crippen MR) is 74.2 cm³/mol. The van der Waals surface area contributed by atoms with Gasteiger partial charge in [-0.25, -0.2) is 4.39 Å². The lowest BCUT2D eigenvalue weighted by atomic mass is 10.1. The van der Waals surface area contributed by atoms with E-state index in [0.717, 1.165) is 12.5 Å². The van der Waals surface area contributed by atoms with Crippen molar-refractivity contribution in [1.82, 2.24) is 9.80 Å². The summed E-state index contributed by atoms with van der Waals surface area (Å²) >= 11 is 5.91. The molecule has 6 heteroatoms. The second-order valence-electron chi connectivity index (χ2n) is 5.01. The van der Waals surface area contributed by atoms with Crippen LogP contribution in [0.25, 0.3) is 0 Å². The summed E-state index contributed by atoms with van der Waals surface area (Å²) in [5.41, 5.74) is 0.228. The van der Waals surface area contributed by atoms with Crippen molar-refractivity contribution < 1.29 is 14.0 Å². The predicted octanol–water partition coefficient (Wildman–Crippen LogP) is 2.17. The normalized spacial score (nSPS) is 18.2. The fourth-order valence-electron chi connectivity index (χ4n) is 2.38. The molecule has 2 amide bonds. The Labute approximate surface area is 122 Å². The first kappa shape index (κ1) is 14.8. The Morgan fingerprint density at radius 1 is 1.40 bits per heavy atom. The Hall–Kier alpha value is -1.62. The molecule has 0 radical (unpaired) electrons. The molecule has 108 valence electrons. The molecular weight excluding hydrogens is 283 g/mol. The fraction of sp³-hybridized carbons (Fsp3) is 0.429. The summed E-state index contributed by atoms with van der Waals surface area (Å²) in [5.74, 6) is -0.921. The Kier molecular flexibility index (Phi) is 4.28. The molecule has 0 aliphatic carbocycles. The SMILES string of the molecule is CN(C)C(=O)C1CCCN1C(=O)c1ccc(F)cc1Cl. The molecule has 1 aliphatic heterocycles. The molecule has 1 atom stereocenters. The van der Waals surface area contributed by atoms with Crippen LogP contribution < -0.4 is 0 Å². The van der Waals surface area contributed by atoms with E-state index in [9.17, 15) is 14.0 Å². The van der Waals surface area contributed by atoms with E-state index in [1.165, 1.54) is 21.9 Å². The van der Waals surface area contributed by atoms with Crippen LogP contribution in [0.1, 0.15) is 23.2 Å². The lowest BCUT2D eigenvalue weighted by Crippen LogP contribution is -2.45. The molecule has 4 nitrogen and oxygen atoms in total. The molecule has 0 N–H and O–H groups in total. The van der Waals surface area contributed by atoms with Gasteiger partial charge in [0.05, 0.1) is 10.6 Å². The van der Waals surface area contributed by atoms with E-state index in [1.54, 1.807) is 14.1 Å². The average molecular weight is 299 g/mol. The van der Waals surface area contributed by atoms with Gasteiger partial charge in [-0.2, -0.15) is 0 Å². The third kappa shape index (κ3) is 2.77. The number of likely N-dealkylation sites (tertiary alicyclic amines) is 1. The molecule has 1 aromatic rings. The van der Waals surface area contributed by atoms with E-state index in [2.05, 4.69) is 0 Å². The number of likely N-dealkylation sites (N-methyl/N-ethyl adjacent to an activating group) is 1. The zero-order valence-electron chi connectivity index (χ0n) is 11.4. The van der Waals surface area contributed by atoms with Gasteiger partial charge in [-0.15, -0.1) is 0 Å². The second-order valence-corrected chi connectivity index (χ2v) is 5.42. The van der Waals surface area contributed by atoms with Gasteiger partial charge < -0.3 is 9.80 Å². The third-order valence-electron chi connectivity index (χ3n) is 3.40. The number of carbonyl (C=O) groups is 2. The smallest absolute Gasteiger partial charge is 0.256 e. The summed E-state index contributed by atoms with van der Waals surface area (Å²) in [6.07, 6.45) is 1.41. The van der Waals surface area contributed by atoms with E-state index in [1.807, 2.05) is 0 Å². The largest absolute Gasteiger partial charge is 0.347 e. The van der Waals surface area contributed by atoms with Gasteiger partial charge in [-0.3, -0.25) is 9.59 Å². The summed E-state index contributed by atoms with van der Waals surface area (Å²) in [7, 11) is 3.32. The molecule has 20 heavy (non-hydrogen) atoms. The minimum Gasteiger partial charge on any atom is -0.347 e. The van der Waals surface area contributed by atoms with Gasteiger partial charge in [0.15, 0.2) is 0 Å². The van der Waals surface area contributed by atoms with Crippen molar-refractivity contribution in [2.24, 2.45) is 0 Å². The number of hydrogen-bond donors (Lipinski definition) is 0. The molecule has 2 rings (SSSR count). The lowest BCUT2D eigenvalue weighted by molar-refractivity contribution is -0.132. The van der Waals surface area contributed by atoms with Crippen LogP contribution in [0.2, 0.25) is 5.02 Å². The first-order valence-electron chi connectivity index (χ1n) is 6.39. The van der Waals surface area contributed by atoms with Crippen LogP contribution in [0.15, 0.2) is 18.2 Å². The Bertz CT molecular complexity index is 548. The minimum atomic E-state index is -0.492. The van der Waals surface area contributed by atoms with Gasteiger partial charge >= 0.3 is 0 Å². The van der Waals surface area contributed by atoms with Crippen molar-refractivity contribution in [3.05, 3.63) is 34.6 Å². The summed E-state index contributed by atoms with van der Waals surface area (Å²) in [5, 5.41) is 0.0675. The molecule has 1 unspecified atom stereocenters. The molecule has 1 fully saturated rings. The van der Waals surface area contributed by atoms with Crippen molar-refractivity contribution in [2.75, 3.05) is 20.6 Å². The maximum atomic E-state index is 13.0. The highest BCUT2D eigenvalue weighted by atomic mass is 35.5.